The first-order valence-corrected chi connectivity index (χ1v) is 5.26. The number of rotatable bonds is 4. The maximum Gasteiger partial charge on any atom is 0.0622 e. The molecule has 1 saturated heterocycles. The Bertz CT molecular complexity index is 137. The number of nitrogens with two attached hydrogens (primary N) is 1. The Morgan fingerprint density at radius 1 is 1.54 bits per heavy atom. The van der Waals surface area contributed by atoms with Gasteiger partial charge in [-0.3, -0.25) is 4.90 Å². The molecule has 1 aliphatic rings. The van der Waals surface area contributed by atoms with E-state index in [1.165, 1.54) is 6.54 Å². The molecule has 0 bridgehead atoms. The lowest BCUT2D eigenvalue weighted by Gasteiger charge is -2.36. The van der Waals surface area contributed by atoms with E-state index in [9.17, 15) is 0 Å². The second-order valence-corrected chi connectivity index (χ2v) is 4.19. The average Bonchev–Trinajstić information content (AvgIpc) is 2.08. The predicted molar refractivity (Wildman–Crippen MR) is 54.7 cm³/mol. The predicted octanol–water partition coefficient (Wildman–Crippen LogP) is 0.692. The molecule has 1 aliphatic heterocycles. The summed E-state index contributed by atoms with van der Waals surface area (Å²) in [7, 11) is 0. The van der Waals surface area contributed by atoms with Crippen molar-refractivity contribution < 1.29 is 4.74 Å². The third kappa shape index (κ3) is 3.63. The molecule has 13 heavy (non-hydrogen) atoms. The van der Waals surface area contributed by atoms with E-state index in [4.69, 9.17) is 10.5 Å². The van der Waals surface area contributed by atoms with Crippen LogP contribution in [0.2, 0.25) is 0 Å². The minimum Gasteiger partial charge on any atom is -0.378 e. The highest BCUT2D eigenvalue weighted by atomic mass is 16.5. The van der Waals surface area contributed by atoms with Gasteiger partial charge in [-0.25, -0.2) is 0 Å². The summed E-state index contributed by atoms with van der Waals surface area (Å²) in [4.78, 5) is 2.51. The van der Waals surface area contributed by atoms with Crippen LogP contribution in [0, 0.1) is 5.92 Å². The Balaban J connectivity index is 2.36. The molecule has 0 radical (unpaired) electrons. The fourth-order valence-electron chi connectivity index (χ4n) is 1.86. The second kappa shape index (κ2) is 5.58. The Morgan fingerprint density at radius 2 is 2.31 bits per heavy atom. The number of nitrogens with zero attached hydrogens (tertiary/aromatic N) is 1. The van der Waals surface area contributed by atoms with E-state index in [1.807, 2.05) is 0 Å². The topological polar surface area (TPSA) is 38.5 Å². The number of hydrogen-bond acceptors (Lipinski definition) is 3. The summed E-state index contributed by atoms with van der Waals surface area (Å²) in [5, 5.41) is 0. The van der Waals surface area contributed by atoms with Crippen LogP contribution in [0.3, 0.4) is 0 Å². The number of hydrogen-bond donors (Lipinski definition) is 1. The third-order valence-corrected chi connectivity index (χ3v) is 2.45. The summed E-state index contributed by atoms with van der Waals surface area (Å²) in [5.74, 6) is 0.735. The molecule has 0 amide bonds. The quantitative estimate of drug-likeness (QED) is 0.702. The van der Waals surface area contributed by atoms with Crippen molar-refractivity contribution in [1.29, 1.82) is 0 Å². The van der Waals surface area contributed by atoms with E-state index < -0.39 is 0 Å². The fraction of sp³-hybridized carbons (Fsp3) is 1.00. The lowest BCUT2D eigenvalue weighted by molar-refractivity contribution is -0.0142. The van der Waals surface area contributed by atoms with Crippen LogP contribution in [0.15, 0.2) is 0 Å². The maximum absolute atomic E-state index is 5.57. The minimum atomic E-state index is 0.557. The average molecular weight is 186 g/mol. The molecule has 2 N–H and O–H groups in total. The first kappa shape index (κ1) is 11.0. The van der Waals surface area contributed by atoms with Gasteiger partial charge in [0.25, 0.3) is 0 Å². The fourth-order valence-corrected chi connectivity index (χ4v) is 1.86. The second-order valence-electron chi connectivity index (χ2n) is 4.19. The first-order valence-electron chi connectivity index (χ1n) is 5.26. The summed E-state index contributed by atoms with van der Waals surface area (Å²) < 4.78 is 5.45. The van der Waals surface area contributed by atoms with Gasteiger partial charge in [-0.05, 0) is 18.9 Å². The molecule has 0 saturated carbocycles. The van der Waals surface area contributed by atoms with E-state index >= 15 is 0 Å². The van der Waals surface area contributed by atoms with Crippen molar-refractivity contribution >= 4 is 0 Å². The van der Waals surface area contributed by atoms with Crippen LogP contribution in [-0.2, 0) is 4.74 Å². The Hall–Kier alpha value is -0.120. The molecular formula is C10H22N2O. The molecule has 3 heteroatoms. The van der Waals surface area contributed by atoms with Crippen LogP contribution in [0.25, 0.3) is 0 Å². The minimum absolute atomic E-state index is 0.557. The van der Waals surface area contributed by atoms with Crippen LogP contribution in [-0.4, -0.2) is 43.8 Å². The van der Waals surface area contributed by atoms with E-state index in [-0.39, 0.29) is 0 Å². The van der Waals surface area contributed by atoms with Crippen LogP contribution in [0.1, 0.15) is 20.3 Å². The zero-order chi connectivity index (χ0) is 9.68. The van der Waals surface area contributed by atoms with Gasteiger partial charge >= 0.3 is 0 Å². The van der Waals surface area contributed by atoms with Crippen molar-refractivity contribution in [3.8, 4) is 0 Å². The number of ether oxygens (including phenoxy) is 1. The third-order valence-electron chi connectivity index (χ3n) is 2.45. The molecule has 0 aromatic heterocycles. The molecule has 1 unspecified atom stereocenters. The Kier molecular flexibility index (Phi) is 4.70. The molecular weight excluding hydrogens is 164 g/mol. The van der Waals surface area contributed by atoms with Crippen LogP contribution < -0.4 is 5.73 Å². The molecule has 0 aromatic carbocycles. The van der Waals surface area contributed by atoms with Crippen LogP contribution in [0.5, 0.6) is 0 Å². The van der Waals surface area contributed by atoms with Gasteiger partial charge in [-0.1, -0.05) is 13.8 Å². The molecule has 3 nitrogen and oxygen atoms in total. The molecule has 0 spiro atoms. The first-order chi connectivity index (χ1) is 6.24. The van der Waals surface area contributed by atoms with Crippen molar-refractivity contribution in [2.45, 2.75) is 26.3 Å². The lowest BCUT2D eigenvalue weighted by Crippen LogP contribution is -2.47. The van der Waals surface area contributed by atoms with E-state index in [0.717, 1.165) is 38.6 Å². The highest BCUT2D eigenvalue weighted by Gasteiger charge is 2.22. The van der Waals surface area contributed by atoms with Gasteiger partial charge in [0.15, 0.2) is 0 Å². The van der Waals surface area contributed by atoms with Gasteiger partial charge in [0.2, 0.25) is 0 Å². The van der Waals surface area contributed by atoms with Crippen LogP contribution in [0.4, 0.5) is 0 Å². The van der Waals surface area contributed by atoms with Crippen molar-refractivity contribution in [2.75, 3.05) is 32.8 Å². The SMILES string of the molecule is CC(C)CN1CCOCC1CCN. The molecule has 0 aromatic rings. The highest BCUT2D eigenvalue weighted by Crippen LogP contribution is 2.11. The molecule has 0 aliphatic carbocycles. The highest BCUT2D eigenvalue weighted by molar-refractivity contribution is 4.76. The zero-order valence-electron chi connectivity index (χ0n) is 8.83. The van der Waals surface area contributed by atoms with Gasteiger partial charge in [0, 0.05) is 19.1 Å². The number of morpholine rings is 1. The van der Waals surface area contributed by atoms with Gasteiger partial charge < -0.3 is 10.5 Å². The largest absolute Gasteiger partial charge is 0.378 e. The van der Waals surface area contributed by atoms with Gasteiger partial charge in [0.1, 0.15) is 0 Å². The molecule has 1 rings (SSSR count). The Labute approximate surface area is 81.2 Å². The maximum atomic E-state index is 5.57. The summed E-state index contributed by atoms with van der Waals surface area (Å²) in [6.45, 7) is 9.28. The van der Waals surface area contributed by atoms with Gasteiger partial charge in [-0.15, -0.1) is 0 Å². The lowest BCUT2D eigenvalue weighted by atomic mass is 10.1. The van der Waals surface area contributed by atoms with E-state index in [1.54, 1.807) is 0 Å². The monoisotopic (exact) mass is 186 g/mol. The Morgan fingerprint density at radius 3 is 2.92 bits per heavy atom. The molecule has 1 atom stereocenters. The van der Waals surface area contributed by atoms with Crippen LogP contribution >= 0.6 is 0 Å². The van der Waals surface area contributed by atoms with Crippen molar-refractivity contribution in [3.63, 3.8) is 0 Å². The standard InChI is InChI=1S/C10H22N2O/c1-9(2)7-12-5-6-13-8-10(12)3-4-11/h9-10H,3-8,11H2,1-2H3. The van der Waals surface area contributed by atoms with E-state index in [0.29, 0.717) is 6.04 Å². The molecule has 78 valence electrons. The smallest absolute Gasteiger partial charge is 0.0622 e. The molecule has 1 fully saturated rings. The van der Waals surface area contributed by atoms with Crippen molar-refractivity contribution in [3.05, 3.63) is 0 Å². The van der Waals surface area contributed by atoms with Crippen molar-refractivity contribution in [2.24, 2.45) is 11.7 Å². The molecule has 1 heterocycles. The summed E-state index contributed by atoms with van der Waals surface area (Å²) >= 11 is 0. The normalized spacial score (nSPS) is 25.4. The van der Waals surface area contributed by atoms with E-state index in [2.05, 4.69) is 18.7 Å². The summed E-state index contributed by atoms with van der Waals surface area (Å²) in [5.41, 5.74) is 5.57. The summed E-state index contributed by atoms with van der Waals surface area (Å²) in [6.07, 6.45) is 1.06. The zero-order valence-corrected chi connectivity index (χ0v) is 8.83. The van der Waals surface area contributed by atoms with Gasteiger partial charge in [-0.2, -0.15) is 0 Å². The summed E-state index contributed by atoms with van der Waals surface area (Å²) in [6, 6.07) is 0.557. The van der Waals surface area contributed by atoms with Gasteiger partial charge in [0.05, 0.1) is 13.2 Å². The van der Waals surface area contributed by atoms with Crippen molar-refractivity contribution in [1.82, 2.24) is 4.90 Å².